The summed E-state index contributed by atoms with van der Waals surface area (Å²) in [6.07, 6.45) is 0.0408. The van der Waals surface area contributed by atoms with Crippen molar-refractivity contribution in [2.45, 2.75) is 20.0 Å². The summed E-state index contributed by atoms with van der Waals surface area (Å²) >= 11 is 0. The van der Waals surface area contributed by atoms with E-state index in [9.17, 15) is 9.59 Å². The number of esters is 1. The van der Waals surface area contributed by atoms with Crippen molar-refractivity contribution < 1.29 is 28.5 Å². The molecule has 0 radical (unpaired) electrons. The number of hydrogen-bond acceptors (Lipinski definition) is 6. The number of nitrogens with one attached hydrogen (secondary N) is 1. The van der Waals surface area contributed by atoms with E-state index in [4.69, 9.17) is 18.9 Å². The molecule has 2 aromatic carbocycles. The number of anilines is 1. The van der Waals surface area contributed by atoms with Gasteiger partial charge in [0.2, 0.25) is 0 Å². The molecule has 0 unspecified atom stereocenters. The minimum absolute atomic E-state index is 0.0408. The molecule has 0 aliphatic heterocycles. The van der Waals surface area contributed by atoms with Gasteiger partial charge in [0.25, 0.3) is 5.91 Å². The zero-order valence-electron chi connectivity index (χ0n) is 16.0. The summed E-state index contributed by atoms with van der Waals surface area (Å²) in [7, 11) is 4.19. The van der Waals surface area contributed by atoms with Gasteiger partial charge in [-0.2, -0.15) is 0 Å². The molecule has 0 heterocycles. The molecule has 7 heteroatoms. The predicted octanol–water partition coefficient (Wildman–Crippen LogP) is 3.53. The molecule has 27 heavy (non-hydrogen) atoms. The Hall–Kier alpha value is -3.22. The van der Waals surface area contributed by atoms with Crippen molar-refractivity contribution in [2.24, 2.45) is 0 Å². The lowest BCUT2D eigenvalue weighted by Crippen LogP contribution is -2.16. The second-order valence-electron chi connectivity index (χ2n) is 5.89. The summed E-state index contributed by atoms with van der Waals surface area (Å²) in [5.74, 6) is 0.408. The fourth-order valence-corrected chi connectivity index (χ4v) is 2.41. The Bertz CT molecular complexity index is 814. The van der Waals surface area contributed by atoms with Gasteiger partial charge in [0.15, 0.2) is 11.5 Å². The van der Waals surface area contributed by atoms with Gasteiger partial charge in [-0.3, -0.25) is 4.79 Å². The minimum Gasteiger partial charge on any atom is -0.493 e. The molecule has 2 rings (SSSR count). The monoisotopic (exact) mass is 373 g/mol. The SMILES string of the molecule is COC(=O)c1cc(OC)c(OC)cc1NC(=O)c1ccc(OC(C)C)cc1. The average molecular weight is 373 g/mol. The Kier molecular flexibility index (Phi) is 6.65. The number of benzene rings is 2. The van der Waals surface area contributed by atoms with Crippen molar-refractivity contribution in [3.05, 3.63) is 47.5 Å². The van der Waals surface area contributed by atoms with E-state index in [1.165, 1.54) is 33.5 Å². The molecule has 0 spiro atoms. The van der Waals surface area contributed by atoms with Gasteiger partial charge in [-0.05, 0) is 38.1 Å². The van der Waals surface area contributed by atoms with Crippen LogP contribution in [-0.2, 0) is 4.74 Å². The van der Waals surface area contributed by atoms with E-state index < -0.39 is 5.97 Å². The maximum absolute atomic E-state index is 12.6. The topological polar surface area (TPSA) is 83.1 Å². The Balaban J connectivity index is 2.31. The van der Waals surface area contributed by atoms with E-state index >= 15 is 0 Å². The van der Waals surface area contributed by atoms with Crippen LogP contribution in [0.3, 0.4) is 0 Å². The lowest BCUT2D eigenvalue weighted by molar-refractivity contribution is 0.0601. The number of hydrogen-bond donors (Lipinski definition) is 1. The van der Waals surface area contributed by atoms with Gasteiger partial charge in [0, 0.05) is 17.7 Å². The first-order valence-corrected chi connectivity index (χ1v) is 8.32. The first-order valence-electron chi connectivity index (χ1n) is 8.32. The molecule has 0 saturated heterocycles. The molecular formula is C20H23NO6. The molecule has 0 bridgehead atoms. The summed E-state index contributed by atoms with van der Waals surface area (Å²) in [5.41, 5.74) is 0.826. The number of rotatable bonds is 7. The predicted molar refractivity (Wildman–Crippen MR) is 101 cm³/mol. The molecule has 0 aliphatic rings. The van der Waals surface area contributed by atoms with Gasteiger partial charge in [-0.25, -0.2) is 4.79 Å². The summed E-state index contributed by atoms with van der Waals surface area (Å²) < 4.78 is 20.8. The molecular weight excluding hydrogens is 350 g/mol. The zero-order valence-corrected chi connectivity index (χ0v) is 16.0. The minimum atomic E-state index is -0.605. The number of methoxy groups -OCH3 is 3. The van der Waals surface area contributed by atoms with Crippen molar-refractivity contribution >= 4 is 17.6 Å². The van der Waals surface area contributed by atoms with Crippen LogP contribution in [-0.4, -0.2) is 39.3 Å². The van der Waals surface area contributed by atoms with Crippen LogP contribution in [0.4, 0.5) is 5.69 Å². The lowest BCUT2D eigenvalue weighted by atomic mass is 10.1. The normalized spacial score (nSPS) is 10.3. The molecule has 1 N–H and O–H groups in total. The first-order chi connectivity index (χ1) is 12.9. The van der Waals surface area contributed by atoms with Crippen LogP contribution in [0.25, 0.3) is 0 Å². The Morgan fingerprint density at radius 3 is 2.04 bits per heavy atom. The van der Waals surface area contributed by atoms with Crippen molar-refractivity contribution in [1.29, 1.82) is 0 Å². The second-order valence-corrected chi connectivity index (χ2v) is 5.89. The van der Waals surface area contributed by atoms with Crippen molar-refractivity contribution in [3.8, 4) is 17.2 Å². The number of carbonyl (C=O) groups excluding carboxylic acids is 2. The Labute approximate surface area is 158 Å². The van der Waals surface area contributed by atoms with E-state index in [0.29, 0.717) is 22.8 Å². The van der Waals surface area contributed by atoms with Crippen LogP contribution in [0.5, 0.6) is 17.2 Å². The van der Waals surface area contributed by atoms with E-state index in [1.807, 2.05) is 13.8 Å². The third kappa shape index (κ3) is 4.91. The Morgan fingerprint density at radius 2 is 1.52 bits per heavy atom. The third-order valence-corrected chi connectivity index (χ3v) is 3.67. The molecule has 1 amide bonds. The highest BCUT2D eigenvalue weighted by Gasteiger charge is 2.19. The zero-order chi connectivity index (χ0) is 20.0. The quantitative estimate of drug-likeness (QED) is 0.748. The maximum atomic E-state index is 12.6. The molecule has 7 nitrogen and oxygen atoms in total. The second kappa shape index (κ2) is 8.93. The third-order valence-electron chi connectivity index (χ3n) is 3.67. The molecule has 0 aliphatic carbocycles. The van der Waals surface area contributed by atoms with Crippen LogP contribution in [0.2, 0.25) is 0 Å². The van der Waals surface area contributed by atoms with E-state index in [2.05, 4.69) is 5.32 Å². The van der Waals surface area contributed by atoms with Crippen LogP contribution in [0.15, 0.2) is 36.4 Å². The van der Waals surface area contributed by atoms with E-state index in [-0.39, 0.29) is 23.3 Å². The van der Waals surface area contributed by atoms with Gasteiger partial charge in [0.1, 0.15) is 5.75 Å². The smallest absolute Gasteiger partial charge is 0.340 e. The van der Waals surface area contributed by atoms with Gasteiger partial charge < -0.3 is 24.3 Å². The molecule has 2 aromatic rings. The largest absolute Gasteiger partial charge is 0.493 e. The summed E-state index contributed by atoms with van der Waals surface area (Å²) in [4.78, 5) is 24.7. The van der Waals surface area contributed by atoms with Crippen LogP contribution >= 0.6 is 0 Å². The lowest BCUT2D eigenvalue weighted by Gasteiger charge is -2.15. The van der Waals surface area contributed by atoms with Gasteiger partial charge in [-0.15, -0.1) is 0 Å². The number of amides is 1. The highest BCUT2D eigenvalue weighted by atomic mass is 16.5. The van der Waals surface area contributed by atoms with Gasteiger partial charge in [-0.1, -0.05) is 0 Å². The van der Waals surface area contributed by atoms with Gasteiger partial charge >= 0.3 is 5.97 Å². The molecule has 0 saturated carbocycles. The first kappa shape index (κ1) is 20.1. The number of carbonyl (C=O) groups is 2. The van der Waals surface area contributed by atoms with E-state index in [0.717, 1.165) is 0 Å². The van der Waals surface area contributed by atoms with E-state index in [1.54, 1.807) is 24.3 Å². The van der Waals surface area contributed by atoms with Crippen molar-refractivity contribution in [3.63, 3.8) is 0 Å². The van der Waals surface area contributed by atoms with Crippen molar-refractivity contribution in [1.82, 2.24) is 0 Å². The van der Waals surface area contributed by atoms with Crippen LogP contribution in [0, 0.1) is 0 Å². The molecule has 0 atom stereocenters. The average Bonchev–Trinajstić information content (AvgIpc) is 2.66. The number of ether oxygens (including phenoxy) is 4. The summed E-state index contributed by atoms with van der Waals surface area (Å²) in [5, 5.41) is 2.71. The maximum Gasteiger partial charge on any atom is 0.340 e. The fourth-order valence-electron chi connectivity index (χ4n) is 2.41. The standard InChI is InChI=1S/C20H23NO6/c1-12(2)27-14-8-6-13(7-9-14)19(22)21-16-11-18(25-4)17(24-3)10-15(16)20(23)26-5/h6-12H,1-5H3,(H,21,22). The molecule has 0 aromatic heterocycles. The summed E-state index contributed by atoms with van der Waals surface area (Å²) in [6.45, 7) is 3.85. The molecule has 144 valence electrons. The van der Waals surface area contributed by atoms with Gasteiger partial charge in [0.05, 0.1) is 38.7 Å². The fraction of sp³-hybridized carbons (Fsp3) is 0.300. The van der Waals surface area contributed by atoms with Crippen LogP contribution in [0.1, 0.15) is 34.6 Å². The highest BCUT2D eigenvalue weighted by Crippen LogP contribution is 2.34. The van der Waals surface area contributed by atoms with Crippen molar-refractivity contribution in [2.75, 3.05) is 26.6 Å². The molecule has 0 fully saturated rings. The summed E-state index contributed by atoms with van der Waals surface area (Å²) in [6, 6.07) is 9.69. The van der Waals surface area contributed by atoms with Crippen LogP contribution < -0.4 is 19.5 Å². The Morgan fingerprint density at radius 1 is 0.926 bits per heavy atom. The highest BCUT2D eigenvalue weighted by molar-refractivity contribution is 6.08.